The predicted molar refractivity (Wildman–Crippen MR) is 124 cm³/mol. The first kappa shape index (κ1) is 19.5. The molecule has 0 bridgehead atoms. The highest BCUT2D eigenvalue weighted by atomic mass is 32.1. The summed E-state index contributed by atoms with van der Waals surface area (Å²) in [5, 5.41) is 8.97. The first-order valence-corrected chi connectivity index (χ1v) is 10.3. The van der Waals surface area contributed by atoms with Gasteiger partial charge in [0.25, 0.3) is 0 Å². The summed E-state index contributed by atoms with van der Waals surface area (Å²) in [5.74, 6) is -0.179. The van der Waals surface area contributed by atoms with Crippen molar-refractivity contribution in [1.82, 2.24) is 9.97 Å². The molecule has 30 heavy (non-hydrogen) atoms. The Kier molecular flexibility index (Phi) is 5.96. The van der Waals surface area contributed by atoms with Crippen LogP contribution in [0.1, 0.15) is 11.1 Å². The van der Waals surface area contributed by atoms with E-state index in [1.165, 1.54) is 23.0 Å². The van der Waals surface area contributed by atoms with Gasteiger partial charge in [0.2, 0.25) is 5.91 Å². The molecule has 2 aromatic carbocycles. The lowest BCUT2D eigenvalue weighted by molar-refractivity contribution is -0.111. The SMILES string of the molecule is Cc1ccc(/C=C/C(=O)Nc2cccc(Nc3nc(-c4ccncc4)cs3)c2)cc1. The summed E-state index contributed by atoms with van der Waals surface area (Å²) < 4.78 is 0. The van der Waals surface area contributed by atoms with E-state index < -0.39 is 0 Å². The van der Waals surface area contributed by atoms with Gasteiger partial charge >= 0.3 is 0 Å². The highest BCUT2D eigenvalue weighted by molar-refractivity contribution is 7.14. The van der Waals surface area contributed by atoms with E-state index in [4.69, 9.17) is 0 Å². The van der Waals surface area contributed by atoms with Crippen LogP contribution in [0.5, 0.6) is 0 Å². The minimum Gasteiger partial charge on any atom is -0.331 e. The van der Waals surface area contributed by atoms with Crippen LogP contribution < -0.4 is 10.6 Å². The number of thiazole rings is 1. The van der Waals surface area contributed by atoms with Gasteiger partial charge in [-0.2, -0.15) is 0 Å². The molecule has 0 aliphatic carbocycles. The Morgan fingerprint density at radius 3 is 2.57 bits per heavy atom. The summed E-state index contributed by atoms with van der Waals surface area (Å²) in [6.45, 7) is 2.03. The largest absolute Gasteiger partial charge is 0.331 e. The average molecular weight is 413 g/mol. The number of amides is 1. The monoisotopic (exact) mass is 412 g/mol. The van der Waals surface area contributed by atoms with Crippen LogP contribution in [0.15, 0.2) is 84.5 Å². The zero-order valence-corrected chi connectivity index (χ0v) is 17.2. The first-order valence-electron chi connectivity index (χ1n) is 9.44. The van der Waals surface area contributed by atoms with Crippen LogP contribution in [-0.4, -0.2) is 15.9 Å². The molecule has 2 aromatic heterocycles. The molecule has 0 fully saturated rings. The quantitative estimate of drug-likeness (QED) is 0.386. The minimum atomic E-state index is -0.179. The van der Waals surface area contributed by atoms with Gasteiger partial charge in [-0.1, -0.05) is 35.9 Å². The molecule has 0 spiro atoms. The lowest BCUT2D eigenvalue weighted by Crippen LogP contribution is -2.07. The van der Waals surface area contributed by atoms with Crippen molar-refractivity contribution in [3.05, 3.63) is 95.6 Å². The summed E-state index contributed by atoms with van der Waals surface area (Å²) in [7, 11) is 0. The fourth-order valence-electron chi connectivity index (χ4n) is 2.82. The van der Waals surface area contributed by atoms with E-state index in [0.717, 1.165) is 27.6 Å². The Morgan fingerprint density at radius 1 is 1.00 bits per heavy atom. The number of pyridine rings is 1. The molecule has 5 nitrogen and oxygen atoms in total. The maximum absolute atomic E-state index is 12.2. The van der Waals surface area contributed by atoms with Crippen LogP contribution in [-0.2, 0) is 4.79 Å². The Bertz CT molecular complexity index is 1170. The Labute approximate surface area is 179 Å². The minimum absolute atomic E-state index is 0.179. The highest BCUT2D eigenvalue weighted by Gasteiger charge is 2.06. The van der Waals surface area contributed by atoms with Gasteiger partial charge in [0, 0.05) is 40.8 Å². The molecule has 0 saturated heterocycles. The summed E-state index contributed by atoms with van der Waals surface area (Å²) in [5.41, 5.74) is 5.66. The van der Waals surface area contributed by atoms with Gasteiger partial charge in [-0.05, 0) is 48.9 Å². The average Bonchev–Trinajstić information content (AvgIpc) is 3.23. The first-order chi connectivity index (χ1) is 14.7. The molecule has 0 unspecified atom stereocenters. The number of nitrogens with zero attached hydrogens (tertiary/aromatic N) is 2. The molecule has 0 aliphatic heterocycles. The number of nitrogens with one attached hydrogen (secondary N) is 2. The third kappa shape index (κ3) is 5.18. The summed E-state index contributed by atoms with van der Waals surface area (Å²) in [6, 6.07) is 19.4. The topological polar surface area (TPSA) is 66.9 Å². The summed E-state index contributed by atoms with van der Waals surface area (Å²) in [6.07, 6.45) is 6.84. The summed E-state index contributed by atoms with van der Waals surface area (Å²) >= 11 is 1.52. The van der Waals surface area contributed by atoms with Crippen molar-refractivity contribution in [2.45, 2.75) is 6.92 Å². The zero-order valence-electron chi connectivity index (χ0n) is 16.4. The van der Waals surface area contributed by atoms with Gasteiger partial charge in [0.1, 0.15) is 0 Å². The number of benzene rings is 2. The van der Waals surface area contributed by atoms with Crippen LogP contribution >= 0.6 is 11.3 Å². The van der Waals surface area contributed by atoms with Crippen LogP contribution in [0.2, 0.25) is 0 Å². The second kappa shape index (κ2) is 9.15. The molecule has 0 aliphatic rings. The van der Waals surface area contributed by atoms with Crippen molar-refractivity contribution in [1.29, 1.82) is 0 Å². The highest BCUT2D eigenvalue weighted by Crippen LogP contribution is 2.27. The van der Waals surface area contributed by atoms with Crippen LogP contribution in [0.3, 0.4) is 0 Å². The smallest absolute Gasteiger partial charge is 0.248 e. The van der Waals surface area contributed by atoms with Crippen LogP contribution in [0.25, 0.3) is 17.3 Å². The van der Waals surface area contributed by atoms with E-state index >= 15 is 0 Å². The van der Waals surface area contributed by atoms with Gasteiger partial charge in [-0.25, -0.2) is 4.98 Å². The number of aryl methyl sites for hydroxylation is 1. The predicted octanol–water partition coefficient (Wildman–Crippen LogP) is 5.91. The second-order valence-corrected chi connectivity index (χ2v) is 7.57. The number of rotatable bonds is 6. The molecule has 2 heterocycles. The Morgan fingerprint density at radius 2 is 1.77 bits per heavy atom. The third-order valence-electron chi connectivity index (χ3n) is 4.37. The molecule has 1 amide bonds. The van der Waals surface area contributed by atoms with Gasteiger partial charge in [0.05, 0.1) is 5.69 Å². The fraction of sp³-hybridized carbons (Fsp3) is 0.0417. The van der Waals surface area contributed by atoms with Crippen LogP contribution in [0, 0.1) is 6.92 Å². The van der Waals surface area contributed by atoms with Gasteiger partial charge in [-0.15, -0.1) is 11.3 Å². The van der Waals surface area contributed by atoms with Crippen molar-refractivity contribution in [3.8, 4) is 11.3 Å². The van der Waals surface area contributed by atoms with Crippen LogP contribution in [0.4, 0.5) is 16.5 Å². The van der Waals surface area contributed by atoms with E-state index in [-0.39, 0.29) is 5.91 Å². The number of hydrogen-bond acceptors (Lipinski definition) is 5. The maximum Gasteiger partial charge on any atom is 0.248 e. The van der Waals surface area contributed by atoms with E-state index in [2.05, 4.69) is 20.6 Å². The molecule has 4 aromatic rings. The molecular formula is C24H20N4OS. The maximum atomic E-state index is 12.2. The molecule has 2 N–H and O–H groups in total. The fourth-order valence-corrected chi connectivity index (χ4v) is 3.56. The van der Waals surface area contributed by atoms with Crippen molar-refractivity contribution in [2.75, 3.05) is 10.6 Å². The molecule has 0 saturated carbocycles. The van der Waals surface area contributed by atoms with E-state index in [1.807, 2.05) is 73.0 Å². The van der Waals surface area contributed by atoms with Crippen molar-refractivity contribution in [2.24, 2.45) is 0 Å². The molecule has 4 rings (SSSR count). The Balaban J connectivity index is 1.40. The molecule has 148 valence electrons. The van der Waals surface area contributed by atoms with E-state index in [0.29, 0.717) is 5.69 Å². The zero-order chi connectivity index (χ0) is 20.8. The van der Waals surface area contributed by atoms with E-state index in [1.54, 1.807) is 18.5 Å². The van der Waals surface area contributed by atoms with Gasteiger partial charge in [-0.3, -0.25) is 9.78 Å². The van der Waals surface area contributed by atoms with Crippen molar-refractivity contribution >= 4 is 39.8 Å². The number of hydrogen-bond donors (Lipinski definition) is 2. The van der Waals surface area contributed by atoms with Gasteiger partial charge in [0.15, 0.2) is 5.13 Å². The molecular weight excluding hydrogens is 392 g/mol. The normalized spacial score (nSPS) is 10.8. The molecule has 6 heteroatoms. The standard InChI is InChI=1S/C24H20N4OS/c1-17-5-7-18(8-6-17)9-10-23(29)26-20-3-2-4-21(15-20)27-24-28-22(16-30-24)19-11-13-25-14-12-19/h2-16H,1H3,(H,26,29)(H,27,28)/b10-9+. The number of carbonyl (C=O) groups excluding carboxylic acids is 1. The van der Waals surface area contributed by atoms with Crippen molar-refractivity contribution < 1.29 is 4.79 Å². The number of anilines is 3. The lowest BCUT2D eigenvalue weighted by Gasteiger charge is -2.06. The number of carbonyl (C=O) groups is 1. The summed E-state index contributed by atoms with van der Waals surface area (Å²) in [4.78, 5) is 20.9. The molecule has 0 atom stereocenters. The third-order valence-corrected chi connectivity index (χ3v) is 5.12. The second-order valence-electron chi connectivity index (χ2n) is 6.71. The van der Waals surface area contributed by atoms with Crippen molar-refractivity contribution in [3.63, 3.8) is 0 Å². The van der Waals surface area contributed by atoms with Gasteiger partial charge < -0.3 is 10.6 Å². The molecule has 0 radical (unpaired) electrons. The Hall–Kier alpha value is -3.77. The lowest BCUT2D eigenvalue weighted by atomic mass is 10.1. The van der Waals surface area contributed by atoms with E-state index in [9.17, 15) is 4.79 Å². The number of aromatic nitrogens is 2.